The molecular formula is C11H14N2O5. The van der Waals surface area contributed by atoms with E-state index in [1.807, 2.05) is 0 Å². The molecule has 18 heavy (non-hydrogen) atoms. The van der Waals surface area contributed by atoms with Gasteiger partial charge in [-0.25, -0.2) is 9.59 Å². The highest BCUT2D eigenvalue weighted by atomic mass is 16.6. The Bertz CT molecular complexity index is 466. The van der Waals surface area contributed by atoms with Crippen molar-refractivity contribution in [2.45, 2.75) is 20.0 Å². The zero-order valence-electron chi connectivity index (χ0n) is 10.4. The molecule has 0 saturated heterocycles. The maximum absolute atomic E-state index is 11.6. The first-order chi connectivity index (χ1) is 8.45. The van der Waals surface area contributed by atoms with Crippen LogP contribution < -0.4 is 0 Å². The predicted octanol–water partition coefficient (Wildman–Crippen LogP) is 0.0976. The Balaban J connectivity index is 2.75. The zero-order valence-corrected chi connectivity index (χ0v) is 10.4. The number of ether oxygens (including phenoxy) is 2. The van der Waals surface area contributed by atoms with Crippen molar-refractivity contribution in [2.24, 2.45) is 7.05 Å². The summed E-state index contributed by atoms with van der Waals surface area (Å²) in [6, 6.07) is 0. The van der Waals surface area contributed by atoms with Crippen LogP contribution in [0.1, 0.15) is 24.2 Å². The van der Waals surface area contributed by atoms with Crippen molar-refractivity contribution in [3.63, 3.8) is 0 Å². The first-order valence-electron chi connectivity index (χ1n) is 5.32. The van der Waals surface area contributed by atoms with Crippen LogP contribution in [0.5, 0.6) is 0 Å². The largest absolute Gasteiger partial charge is 0.463 e. The molecule has 0 spiro atoms. The molecule has 1 aromatic heterocycles. The third kappa shape index (κ3) is 3.41. The molecule has 7 nitrogen and oxygen atoms in total. The molecule has 1 aromatic rings. The Hall–Kier alpha value is -2.18. The molecule has 0 aliphatic rings. The molecular weight excluding hydrogens is 240 g/mol. The third-order valence-corrected chi connectivity index (χ3v) is 2.04. The van der Waals surface area contributed by atoms with E-state index >= 15 is 0 Å². The highest BCUT2D eigenvalue weighted by Gasteiger charge is 2.29. The summed E-state index contributed by atoms with van der Waals surface area (Å²) < 4.78 is 10.9. The van der Waals surface area contributed by atoms with Gasteiger partial charge in [0.2, 0.25) is 0 Å². The summed E-state index contributed by atoms with van der Waals surface area (Å²) in [5, 5.41) is 3.79. The SMILES string of the molecule is CCOC(=O)[C@@H](OC(=O)c1cnn(C)c1)C(C)=O. The zero-order chi connectivity index (χ0) is 13.7. The van der Waals surface area contributed by atoms with Crippen molar-refractivity contribution in [3.8, 4) is 0 Å². The van der Waals surface area contributed by atoms with Gasteiger partial charge in [-0.3, -0.25) is 9.48 Å². The first-order valence-corrected chi connectivity index (χ1v) is 5.32. The van der Waals surface area contributed by atoms with Gasteiger partial charge in [0.15, 0.2) is 5.78 Å². The van der Waals surface area contributed by atoms with Gasteiger partial charge in [0.1, 0.15) is 0 Å². The van der Waals surface area contributed by atoms with E-state index in [0.29, 0.717) is 0 Å². The molecule has 0 amide bonds. The maximum Gasteiger partial charge on any atom is 0.355 e. The fraction of sp³-hybridized carbons (Fsp3) is 0.455. The van der Waals surface area contributed by atoms with Crippen molar-refractivity contribution in [3.05, 3.63) is 18.0 Å². The third-order valence-electron chi connectivity index (χ3n) is 2.04. The van der Waals surface area contributed by atoms with Gasteiger partial charge in [-0.1, -0.05) is 0 Å². The second-order valence-corrected chi connectivity index (χ2v) is 3.55. The minimum absolute atomic E-state index is 0.104. The number of hydrogen-bond acceptors (Lipinski definition) is 6. The average Bonchev–Trinajstić information content (AvgIpc) is 2.72. The first kappa shape index (κ1) is 13.9. The van der Waals surface area contributed by atoms with Crippen molar-refractivity contribution in [1.29, 1.82) is 0 Å². The lowest BCUT2D eigenvalue weighted by molar-refractivity contribution is -0.157. The van der Waals surface area contributed by atoms with Gasteiger partial charge in [-0.2, -0.15) is 5.10 Å². The summed E-state index contributed by atoms with van der Waals surface area (Å²) in [4.78, 5) is 34.3. The van der Waals surface area contributed by atoms with Crippen LogP contribution in [-0.2, 0) is 26.1 Å². The van der Waals surface area contributed by atoms with Gasteiger partial charge < -0.3 is 9.47 Å². The quantitative estimate of drug-likeness (QED) is 0.547. The van der Waals surface area contributed by atoms with Crippen LogP contribution in [0, 0.1) is 0 Å². The number of Topliss-reactive ketones (excluding diaryl/α,β-unsaturated/α-hetero) is 1. The van der Waals surface area contributed by atoms with E-state index in [2.05, 4.69) is 9.84 Å². The highest BCUT2D eigenvalue weighted by molar-refractivity contribution is 6.03. The van der Waals surface area contributed by atoms with Crippen LogP contribution in [0.2, 0.25) is 0 Å². The Morgan fingerprint density at radius 1 is 1.44 bits per heavy atom. The number of nitrogens with zero attached hydrogens (tertiary/aromatic N) is 2. The molecule has 7 heteroatoms. The van der Waals surface area contributed by atoms with E-state index in [0.717, 1.165) is 6.92 Å². The highest BCUT2D eigenvalue weighted by Crippen LogP contribution is 2.05. The molecule has 0 bridgehead atoms. The van der Waals surface area contributed by atoms with E-state index in [4.69, 9.17) is 4.74 Å². The van der Waals surface area contributed by atoms with Gasteiger partial charge in [0.05, 0.1) is 18.4 Å². The normalized spacial score (nSPS) is 11.7. The van der Waals surface area contributed by atoms with Crippen molar-refractivity contribution in [1.82, 2.24) is 9.78 Å². The lowest BCUT2D eigenvalue weighted by Crippen LogP contribution is -2.35. The molecule has 0 N–H and O–H groups in total. The Morgan fingerprint density at radius 3 is 2.56 bits per heavy atom. The predicted molar refractivity (Wildman–Crippen MR) is 59.7 cm³/mol. The smallest absolute Gasteiger partial charge is 0.355 e. The number of esters is 2. The summed E-state index contributed by atoms with van der Waals surface area (Å²) in [5.41, 5.74) is 0.160. The second kappa shape index (κ2) is 5.95. The summed E-state index contributed by atoms with van der Waals surface area (Å²) in [6.07, 6.45) is 1.17. The molecule has 0 aliphatic carbocycles. The minimum Gasteiger partial charge on any atom is -0.463 e. The minimum atomic E-state index is -1.53. The number of aryl methyl sites for hydroxylation is 1. The topological polar surface area (TPSA) is 87.5 Å². The number of aromatic nitrogens is 2. The lowest BCUT2D eigenvalue weighted by atomic mass is 10.2. The molecule has 98 valence electrons. The fourth-order valence-corrected chi connectivity index (χ4v) is 1.22. The number of carbonyl (C=O) groups excluding carboxylic acids is 3. The van der Waals surface area contributed by atoms with Gasteiger partial charge in [0, 0.05) is 13.2 Å². The van der Waals surface area contributed by atoms with E-state index in [9.17, 15) is 14.4 Å². The summed E-state index contributed by atoms with van der Waals surface area (Å²) in [5.74, 6) is -2.26. The monoisotopic (exact) mass is 254 g/mol. The summed E-state index contributed by atoms with van der Waals surface area (Å²) in [6.45, 7) is 2.85. The van der Waals surface area contributed by atoms with E-state index in [1.165, 1.54) is 17.1 Å². The van der Waals surface area contributed by atoms with Crippen molar-refractivity contribution in [2.75, 3.05) is 6.61 Å². The second-order valence-electron chi connectivity index (χ2n) is 3.55. The Kier molecular flexibility index (Phi) is 4.59. The molecule has 0 unspecified atom stereocenters. The van der Waals surface area contributed by atoms with Crippen LogP contribution >= 0.6 is 0 Å². The molecule has 1 heterocycles. The van der Waals surface area contributed by atoms with Gasteiger partial charge >= 0.3 is 11.9 Å². The Morgan fingerprint density at radius 2 is 2.11 bits per heavy atom. The number of carbonyl (C=O) groups is 3. The van der Waals surface area contributed by atoms with E-state index in [1.54, 1.807) is 14.0 Å². The number of rotatable bonds is 5. The summed E-state index contributed by atoms with van der Waals surface area (Å²) in [7, 11) is 1.63. The van der Waals surface area contributed by atoms with Crippen LogP contribution in [0.3, 0.4) is 0 Å². The number of ketones is 1. The molecule has 0 saturated carbocycles. The van der Waals surface area contributed by atoms with E-state index < -0.39 is 23.8 Å². The molecule has 0 fully saturated rings. The molecule has 0 aliphatic heterocycles. The van der Waals surface area contributed by atoms with Crippen LogP contribution in [0.4, 0.5) is 0 Å². The number of hydrogen-bond donors (Lipinski definition) is 0. The average molecular weight is 254 g/mol. The van der Waals surface area contributed by atoms with Crippen LogP contribution in [0.15, 0.2) is 12.4 Å². The molecule has 0 radical (unpaired) electrons. The fourth-order valence-electron chi connectivity index (χ4n) is 1.22. The van der Waals surface area contributed by atoms with Gasteiger partial charge in [-0.15, -0.1) is 0 Å². The van der Waals surface area contributed by atoms with Crippen LogP contribution in [0.25, 0.3) is 0 Å². The lowest BCUT2D eigenvalue weighted by Gasteiger charge is -2.12. The molecule has 1 atom stereocenters. The maximum atomic E-state index is 11.6. The Labute approximate surface area is 104 Å². The van der Waals surface area contributed by atoms with Gasteiger partial charge in [-0.05, 0) is 13.8 Å². The van der Waals surface area contributed by atoms with Crippen molar-refractivity contribution >= 4 is 17.7 Å². The van der Waals surface area contributed by atoms with E-state index in [-0.39, 0.29) is 12.2 Å². The molecule has 0 aromatic carbocycles. The van der Waals surface area contributed by atoms with Crippen molar-refractivity contribution < 1.29 is 23.9 Å². The molecule has 1 rings (SSSR count). The summed E-state index contributed by atoms with van der Waals surface area (Å²) >= 11 is 0. The van der Waals surface area contributed by atoms with Crippen LogP contribution in [-0.4, -0.2) is 40.2 Å². The standard InChI is InChI=1S/C11H14N2O5/c1-4-17-11(16)9(7(2)14)18-10(15)8-5-12-13(3)6-8/h5-6,9H,4H2,1-3H3/t9-/m0/s1. The van der Waals surface area contributed by atoms with Gasteiger partial charge in [0.25, 0.3) is 6.10 Å².